The molecule has 1 atom stereocenters. The largest absolute Gasteiger partial charge is 0.337 e. The number of alkyl halides is 1. The minimum absolute atomic E-state index is 0.0813. The highest BCUT2D eigenvalue weighted by Gasteiger charge is 2.11. The van der Waals surface area contributed by atoms with E-state index < -0.39 is 0 Å². The van der Waals surface area contributed by atoms with E-state index in [0.29, 0.717) is 13.0 Å². The predicted molar refractivity (Wildman–Crippen MR) is 59.1 cm³/mol. The SMILES string of the molecule is C=CN(C=NCC)C(CCN)CCF. The first-order chi connectivity index (χ1) is 6.79. The second-order valence-electron chi connectivity index (χ2n) is 2.95. The van der Waals surface area contributed by atoms with Crippen LogP contribution in [0.2, 0.25) is 0 Å². The zero-order valence-corrected chi connectivity index (χ0v) is 8.82. The summed E-state index contributed by atoms with van der Waals surface area (Å²) in [5, 5.41) is 0. The second kappa shape index (κ2) is 8.69. The third-order valence-corrected chi connectivity index (χ3v) is 1.97. The third kappa shape index (κ3) is 4.97. The standard InChI is InChI=1S/C10H20FN3/c1-3-13-9-14(4-2)10(5-7-11)6-8-12/h4,9-10H,2-3,5-8,12H2,1H3. The normalized spacial score (nSPS) is 13.1. The Morgan fingerprint density at radius 2 is 2.29 bits per heavy atom. The molecule has 0 amide bonds. The fourth-order valence-electron chi connectivity index (χ4n) is 1.23. The molecule has 0 radical (unpaired) electrons. The van der Waals surface area contributed by atoms with E-state index >= 15 is 0 Å². The molecule has 0 aromatic heterocycles. The van der Waals surface area contributed by atoms with Crippen LogP contribution in [0.25, 0.3) is 0 Å². The van der Waals surface area contributed by atoms with Gasteiger partial charge >= 0.3 is 0 Å². The summed E-state index contributed by atoms with van der Waals surface area (Å²) in [6.45, 7) is 6.55. The van der Waals surface area contributed by atoms with Crippen LogP contribution in [0.4, 0.5) is 4.39 Å². The van der Waals surface area contributed by atoms with Crippen LogP contribution in [0, 0.1) is 0 Å². The second-order valence-corrected chi connectivity index (χ2v) is 2.95. The van der Waals surface area contributed by atoms with E-state index in [1.165, 1.54) is 0 Å². The molecule has 0 aliphatic heterocycles. The molecule has 0 saturated heterocycles. The Hall–Kier alpha value is -0.900. The average molecular weight is 201 g/mol. The fraction of sp³-hybridized carbons (Fsp3) is 0.700. The van der Waals surface area contributed by atoms with Crippen LogP contribution in [0.15, 0.2) is 17.8 Å². The van der Waals surface area contributed by atoms with Gasteiger partial charge in [-0.1, -0.05) is 6.58 Å². The maximum atomic E-state index is 12.2. The van der Waals surface area contributed by atoms with Crippen molar-refractivity contribution in [3.8, 4) is 0 Å². The zero-order chi connectivity index (χ0) is 10.8. The summed E-state index contributed by atoms with van der Waals surface area (Å²) in [5.41, 5.74) is 5.45. The fourth-order valence-corrected chi connectivity index (χ4v) is 1.23. The van der Waals surface area contributed by atoms with Gasteiger partial charge in [-0.3, -0.25) is 9.38 Å². The van der Waals surface area contributed by atoms with Gasteiger partial charge in [0.05, 0.1) is 13.0 Å². The Labute approximate surface area is 85.5 Å². The van der Waals surface area contributed by atoms with Crippen LogP contribution in [0.1, 0.15) is 19.8 Å². The molecule has 1 unspecified atom stereocenters. The van der Waals surface area contributed by atoms with Crippen molar-refractivity contribution < 1.29 is 4.39 Å². The summed E-state index contributed by atoms with van der Waals surface area (Å²) in [6, 6.07) is 0.0813. The summed E-state index contributed by atoms with van der Waals surface area (Å²) in [5.74, 6) is 0. The molecule has 2 N–H and O–H groups in total. The van der Waals surface area contributed by atoms with E-state index in [1.54, 1.807) is 12.5 Å². The van der Waals surface area contributed by atoms with E-state index in [9.17, 15) is 4.39 Å². The van der Waals surface area contributed by atoms with Gasteiger partial charge in [-0.05, 0) is 32.5 Å². The lowest BCUT2D eigenvalue weighted by molar-refractivity contribution is 0.324. The Balaban J connectivity index is 4.24. The molecule has 0 aromatic carbocycles. The van der Waals surface area contributed by atoms with Gasteiger partial charge in [0.15, 0.2) is 0 Å². The Morgan fingerprint density at radius 1 is 1.57 bits per heavy atom. The maximum Gasteiger partial charge on any atom is 0.0914 e. The Morgan fingerprint density at radius 3 is 2.71 bits per heavy atom. The van der Waals surface area contributed by atoms with Gasteiger partial charge in [-0.25, -0.2) is 0 Å². The van der Waals surface area contributed by atoms with Crippen LogP contribution in [0.3, 0.4) is 0 Å². The average Bonchev–Trinajstić information content (AvgIpc) is 2.19. The van der Waals surface area contributed by atoms with Crippen molar-refractivity contribution in [2.75, 3.05) is 19.8 Å². The Bertz CT molecular complexity index is 165. The molecule has 0 saturated carbocycles. The van der Waals surface area contributed by atoms with Crippen molar-refractivity contribution in [1.82, 2.24) is 4.90 Å². The lowest BCUT2D eigenvalue weighted by Gasteiger charge is -2.25. The van der Waals surface area contributed by atoms with Gasteiger partial charge in [0.25, 0.3) is 0 Å². The molecule has 82 valence electrons. The van der Waals surface area contributed by atoms with E-state index in [1.807, 2.05) is 11.8 Å². The van der Waals surface area contributed by atoms with E-state index in [-0.39, 0.29) is 12.7 Å². The van der Waals surface area contributed by atoms with Gasteiger partial charge < -0.3 is 10.6 Å². The van der Waals surface area contributed by atoms with E-state index in [0.717, 1.165) is 13.0 Å². The first-order valence-corrected chi connectivity index (χ1v) is 4.96. The summed E-state index contributed by atoms with van der Waals surface area (Å²) >= 11 is 0. The highest BCUT2D eigenvalue weighted by molar-refractivity contribution is 5.56. The lowest BCUT2D eigenvalue weighted by Crippen LogP contribution is -2.32. The highest BCUT2D eigenvalue weighted by atomic mass is 19.1. The minimum Gasteiger partial charge on any atom is -0.337 e. The van der Waals surface area contributed by atoms with Crippen molar-refractivity contribution in [3.63, 3.8) is 0 Å². The van der Waals surface area contributed by atoms with Crippen molar-refractivity contribution in [1.29, 1.82) is 0 Å². The molecule has 4 heteroatoms. The lowest BCUT2D eigenvalue weighted by atomic mass is 10.1. The van der Waals surface area contributed by atoms with Crippen molar-refractivity contribution in [3.05, 3.63) is 12.8 Å². The zero-order valence-electron chi connectivity index (χ0n) is 8.82. The minimum atomic E-state index is -0.338. The van der Waals surface area contributed by atoms with Gasteiger partial charge in [0.1, 0.15) is 0 Å². The summed E-state index contributed by atoms with van der Waals surface area (Å²) in [7, 11) is 0. The monoisotopic (exact) mass is 201 g/mol. The molecule has 0 rings (SSSR count). The smallest absolute Gasteiger partial charge is 0.0914 e. The van der Waals surface area contributed by atoms with E-state index in [2.05, 4.69) is 11.6 Å². The van der Waals surface area contributed by atoms with Gasteiger partial charge in [-0.15, -0.1) is 0 Å². The first-order valence-electron chi connectivity index (χ1n) is 4.96. The number of halogens is 1. The predicted octanol–water partition coefficient (Wildman–Crippen LogP) is 1.56. The molecule has 0 aliphatic carbocycles. The topological polar surface area (TPSA) is 41.6 Å². The molecule has 0 aromatic rings. The molecular formula is C10H20FN3. The molecule has 0 spiro atoms. The van der Waals surface area contributed by atoms with Gasteiger partial charge in [0.2, 0.25) is 0 Å². The highest BCUT2D eigenvalue weighted by Crippen LogP contribution is 2.07. The number of hydrogen-bond donors (Lipinski definition) is 1. The third-order valence-electron chi connectivity index (χ3n) is 1.97. The van der Waals surface area contributed by atoms with Crippen LogP contribution in [-0.2, 0) is 0 Å². The maximum absolute atomic E-state index is 12.2. The van der Waals surface area contributed by atoms with Crippen molar-refractivity contribution in [2.45, 2.75) is 25.8 Å². The number of nitrogens with two attached hydrogens (primary N) is 1. The molecular weight excluding hydrogens is 181 g/mol. The van der Waals surface area contributed by atoms with Crippen LogP contribution in [0.5, 0.6) is 0 Å². The molecule has 0 heterocycles. The number of rotatable bonds is 8. The molecule has 0 aliphatic rings. The van der Waals surface area contributed by atoms with Gasteiger partial charge in [0, 0.05) is 12.6 Å². The molecule has 3 nitrogen and oxygen atoms in total. The van der Waals surface area contributed by atoms with E-state index in [4.69, 9.17) is 5.73 Å². The Kier molecular flexibility index (Phi) is 8.13. The number of hydrogen-bond acceptors (Lipinski definition) is 2. The summed E-state index contributed by atoms with van der Waals surface area (Å²) in [4.78, 5) is 5.92. The molecule has 14 heavy (non-hydrogen) atoms. The molecule has 0 bridgehead atoms. The molecule has 0 fully saturated rings. The number of nitrogens with zero attached hydrogens (tertiary/aromatic N) is 2. The summed E-state index contributed by atoms with van der Waals surface area (Å²) < 4.78 is 12.2. The van der Waals surface area contributed by atoms with Crippen molar-refractivity contribution >= 4 is 6.34 Å². The van der Waals surface area contributed by atoms with Crippen LogP contribution >= 0.6 is 0 Å². The van der Waals surface area contributed by atoms with Crippen LogP contribution < -0.4 is 5.73 Å². The van der Waals surface area contributed by atoms with Crippen LogP contribution in [-0.4, -0.2) is 37.0 Å². The number of aliphatic imine (C=N–C) groups is 1. The van der Waals surface area contributed by atoms with Crippen molar-refractivity contribution in [2.24, 2.45) is 10.7 Å². The first kappa shape index (κ1) is 13.1. The van der Waals surface area contributed by atoms with Gasteiger partial charge in [-0.2, -0.15) is 0 Å². The summed E-state index contributed by atoms with van der Waals surface area (Å²) in [6.07, 6.45) is 4.59. The quantitative estimate of drug-likeness (QED) is 0.478.